The molecule has 0 spiro atoms. The molecule has 0 radical (unpaired) electrons. The smallest absolute Gasteiger partial charge is 0.344 e. The van der Waals surface area contributed by atoms with Crippen molar-refractivity contribution in [1.29, 1.82) is 0 Å². The molecule has 0 N–H and O–H groups in total. The molecule has 0 aliphatic carbocycles. The highest BCUT2D eigenvalue weighted by Crippen LogP contribution is 1.87. The largest absolute Gasteiger partial charge is 0.474 e. The third-order valence-corrected chi connectivity index (χ3v) is 1.35. The van der Waals surface area contributed by atoms with E-state index in [0.29, 0.717) is 18.2 Å². The lowest BCUT2D eigenvalue weighted by Crippen LogP contribution is -2.24. The molecule has 0 aliphatic heterocycles. The number of carbonyl (C=O) groups excluding carboxylic acids is 1. The molecule has 0 aromatic carbocycles. The molecule has 76 valence electrons. The number of esters is 1. The van der Waals surface area contributed by atoms with Crippen LogP contribution in [0.5, 0.6) is 0 Å². The molecule has 0 heterocycles. The zero-order valence-corrected chi connectivity index (χ0v) is 9.02. The van der Waals surface area contributed by atoms with Crippen LogP contribution >= 0.6 is 12.2 Å². The summed E-state index contributed by atoms with van der Waals surface area (Å²) in [7, 11) is 3.75. The van der Waals surface area contributed by atoms with Crippen LogP contribution < -0.4 is 0 Å². The Morgan fingerprint density at radius 3 is 2.46 bits per heavy atom. The molecular weight excluding hydrogens is 190 g/mol. The Morgan fingerprint density at radius 2 is 2.00 bits per heavy atom. The Hall–Kier alpha value is -0.680. The molecule has 0 rings (SSSR count). The Bertz CT molecular complexity index is 182. The zero-order valence-electron chi connectivity index (χ0n) is 8.20. The average molecular weight is 205 g/mol. The molecule has 13 heavy (non-hydrogen) atoms. The van der Waals surface area contributed by atoms with E-state index in [0.717, 1.165) is 0 Å². The average Bonchev–Trinajstić information content (AvgIpc) is 2.00. The van der Waals surface area contributed by atoms with Gasteiger partial charge in [0.05, 0.1) is 13.2 Å². The van der Waals surface area contributed by atoms with Crippen molar-refractivity contribution in [1.82, 2.24) is 4.90 Å². The highest BCUT2D eigenvalue weighted by atomic mass is 32.1. The summed E-state index contributed by atoms with van der Waals surface area (Å²) in [4.78, 5) is 12.7. The summed E-state index contributed by atoms with van der Waals surface area (Å²) in [6.07, 6.45) is 0. The maximum Gasteiger partial charge on any atom is 0.344 e. The number of nitrogens with zero attached hydrogens (tertiary/aromatic N) is 1. The van der Waals surface area contributed by atoms with E-state index >= 15 is 0 Å². The van der Waals surface area contributed by atoms with Crippen molar-refractivity contribution in [2.45, 2.75) is 6.92 Å². The van der Waals surface area contributed by atoms with Crippen LogP contribution in [0.4, 0.5) is 0 Å². The van der Waals surface area contributed by atoms with Crippen LogP contribution in [-0.4, -0.2) is 49.8 Å². The van der Waals surface area contributed by atoms with E-state index in [1.165, 1.54) is 0 Å². The fraction of sp³-hybridized carbons (Fsp3) is 0.750. The number of carbonyl (C=O) groups is 1. The predicted molar refractivity (Wildman–Crippen MR) is 53.7 cm³/mol. The first-order chi connectivity index (χ1) is 6.06. The number of likely N-dealkylation sites (N-methyl/N-ethyl adjacent to an activating group) is 1. The van der Waals surface area contributed by atoms with E-state index in [-0.39, 0.29) is 12.6 Å². The molecule has 0 saturated carbocycles. The lowest BCUT2D eigenvalue weighted by atomic mass is 10.6. The van der Waals surface area contributed by atoms with E-state index in [9.17, 15) is 4.79 Å². The van der Waals surface area contributed by atoms with Gasteiger partial charge >= 0.3 is 5.97 Å². The van der Waals surface area contributed by atoms with Gasteiger partial charge in [0.25, 0.3) is 0 Å². The van der Waals surface area contributed by atoms with Gasteiger partial charge in [-0.2, -0.15) is 0 Å². The van der Waals surface area contributed by atoms with Crippen molar-refractivity contribution in [3.05, 3.63) is 0 Å². The van der Waals surface area contributed by atoms with Crippen molar-refractivity contribution in [3.63, 3.8) is 0 Å². The van der Waals surface area contributed by atoms with Gasteiger partial charge in [0.15, 0.2) is 11.7 Å². The minimum atomic E-state index is -0.386. The van der Waals surface area contributed by atoms with Crippen molar-refractivity contribution >= 4 is 23.2 Å². The summed E-state index contributed by atoms with van der Waals surface area (Å²) >= 11 is 4.86. The summed E-state index contributed by atoms with van der Waals surface area (Å²) in [6, 6.07) is 0. The zero-order chi connectivity index (χ0) is 10.3. The van der Waals surface area contributed by atoms with Gasteiger partial charge in [0.1, 0.15) is 0 Å². The molecule has 0 atom stereocenters. The van der Waals surface area contributed by atoms with E-state index in [1.54, 1.807) is 6.92 Å². The summed E-state index contributed by atoms with van der Waals surface area (Å²) in [5, 5.41) is 0.401. The SMILES string of the molecule is CCOC(=O)COC(=S)CN(C)C. The predicted octanol–water partition coefficient (Wildman–Crippen LogP) is 0.455. The maximum atomic E-state index is 10.8. The van der Waals surface area contributed by atoms with Gasteiger partial charge in [-0.25, -0.2) is 4.79 Å². The Labute approximate surface area is 83.8 Å². The Kier molecular flexibility index (Phi) is 6.44. The Morgan fingerprint density at radius 1 is 1.38 bits per heavy atom. The molecule has 0 fully saturated rings. The lowest BCUT2D eigenvalue weighted by molar-refractivity contribution is -0.145. The van der Waals surface area contributed by atoms with Gasteiger partial charge in [-0.1, -0.05) is 0 Å². The fourth-order valence-corrected chi connectivity index (χ4v) is 0.963. The molecule has 0 amide bonds. The molecule has 4 nitrogen and oxygen atoms in total. The third kappa shape index (κ3) is 7.67. The van der Waals surface area contributed by atoms with Gasteiger partial charge in [0.2, 0.25) is 0 Å². The van der Waals surface area contributed by atoms with E-state index in [4.69, 9.17) is 17.0 Å². The van der Waals surface area contributed by atoms with Gasteiger partial charge < -0.3 is 14.4 Å². The molecular formula is C8H15NO3S. The highest BCUT2D eigenvalue weighted by Gasteiger charge is 2.05. The molecule has 0 aromatic rings. The monoisotopic (exact) mass is 205 g/mol. The second-order valence-corrected chi connectivity index (χ2v) is 3.16. The standard InChI is InChI=1S/C8H15NO3S/c1-4-11-7(10)6-12-8(13)5-9(2)3/h4-6H2,1-3H3. The minimum Gasteiger partial charge on any atom is -0.474 e. The first kappa shape index (κ1) is 12.3. The summed E-state index contributed by atoms with van der Waals surface area (Å²) < 4.78 is 9.64. The number of rotatable bonds is 5. The summed E-state index contributed by atoms with van der Waals surface area (Å²) in [5.74, 6) is -0.386. The van der Waals surface area contributed by atoms with Crippen LogP contribution in [0.15, 0.2) is 0 Å². The highest BCUT2D eigenvalue weighted by molar-refractivity contribution is 7.80. The normalized spacial score (nSPS) is 9.85. The molecule has 0 aromatic heterocycles. The van der Waals surface area contributed by atoms with Crippen LogP contribution in [-0.2, 0) is 14.3 Å². The topological polar surface area (TPSA) is 38.8 Å². The van der Waals surface area contributed by atoms with Crippen LogP contribution in [0.2, 0.25) is 0 Å². The fourth-order valence-electron chi connectivity index (χ4n) is 0.646. The van der Waals surface area contributed by atoms with Gasteiger partial charge in [-0.05, 0) is 33.2 Å². The maximum absolute atomic E-state index is 10.8. The number of thiocarbonyl (C=S) groups is 1. The van der Waals surface area contributed by atoms with Crippen LogP contribution in [0.3, 0.4) is 0 Å². The van der Waals surface area contributed by atoms with Crippen molar-refractivity contribution in [2.75, 3.05) is 33.9 Å². The van der Waals surface area contributed by atoms with E-state index in [2.05, 4.69) is 4.74 Å². The molecule has 5 heteroatoms. The second kappa shape index (κ2) is 6.80. The van der Waals surface area contributed by atoms with E-state index < -0.39 is 0 Å². The number of hydrogen-bond acceptors (Lipinski definition) is 5. The summed E-state index contributed by atoms with van der Waals surface area (Å²) in [5.41, 5.74) is 0. The van der Waals surface area contributed by atoms with Crippen LogP contribution in [0.25, 0.3) is 0 Å². The van der Waals surface area contributed by atoms with Gasteiger partial charge in [-0.15, -0.1) is 0 Å². The number of hydrogen-bond donors (Lipinski definition) is 0. The molecule has 0 aliphatic rings. The molecule has 0 saturated heterocycles. The van der Waals surface area contributed by atoms with Crippen LogP contribution in [0, 0.1) is 0 Å². The first-order valence-corrected chi connectivity index (χ1v) is 4.43. The van der Waals surface area contributed by atoms with E-state index in [1.807, 2.05) is 19.0 Å². The first-order valence-electron chi connectivity index (χ1n) is 4.02. The van der Waals surface area contributed by atoms with Crippen molar-refractivity contribution < 1.29 is 14.3 Å². The molecule has 0 bridgehead atoms. The second-order valence-electron chi connectivity index (χ2n) is 2.70. The lowest BCUT2D eigenvalue weighted by Gasteiger charge is -2.11. The van der Waals surface area contributed by atoms with Gasteiger partial charge in [0, 0.05) is 0 Å². The quantitative estimate of drug-likeness (QED) is 0.481. The number of ether oxygens (including phenoxy) is 2. The van der Waals surface area contributed by atoms with Crippen molar-refractivity contribution in [3.8, 4) is 0 Å². The third-order valence-electron chi connectivity index (χ3n) is 1.10. The van der Waals surface area contributed by atoms with Crippen molar-refractivity contribution in [2.24, 2.45) is 0 Å². The summed E-state index contributed by atoms with van der Waals surface area (Å²) in [6.45, 7) is 2.55. The van der Waals surface area contributed by atoms with Crippen LogP contribution in [0.1, 0.15) is 6.92 Å². The Balaban J connectivity index is 3.52. The minimum absolute atomic E-state index is 0.0967. The molecule has 0 unspecified atom stereocenters. The van der Waals surface area contributed by atoms with Gasteiger partial charge in [-0.3, -0.25) is 0 Å².